The van der Waals surface area contributed by atoms with Crippen LogP contribution in [0.2, 0.25) is 0 Å². The Bertz CT molecular complexity index is 381. The van der Waals surface area contributed by atoms with Gasteiger partial charge in [-0.05, 0) is 48.9 Å². The Hall–Kier alpha value is -0.320. The molecule has 18 heavy (non-hydrogen) atoms. The van der Waals surface area contributed by atoms with Crippen molar-refractivity contribution in [3.63, 3.8) is 0 Å². The standard InChI is InChI=1S/C14H23BrN2O/c1-17(2)14(8-5-3-4-6-9-14)13(16)12-11(15)7-10-18-12/h7,10,13H,3-6,8-9,16H2,1-2H3. The van der Waals surface area contributed by atoms with Crippen LogP contribution in [0.15, 0.2) is 21.2 Å². The van der Waals surface area contributed by atoms with Crippen LogP contribution in [0.4, 0.5) is 0 Å². The molecule has 0 aliphatic heterocycles. The lowest BCUT2D eigenvalue weighted by atomic mass is 9.80. The monoisotopic (exact) mass is 314 g/mol. The Morgan fingerprint density at radius 1 is 1.28 bits per heavy atom. The quantitative estimate of drug-likeness (QED) is 0.865. The van der Waals surface area contributed by atoms with Crippen molar-refractivity contribution in [3.05, 3.63) is 22.6 Å². The topological polar surface area (TPSA) is 42.4 Å². The van der Waals surface area contributed by atoms with Crippen LogP contribution in [-0.2, 0) is 0 Å². The molecule has 102 valence electrons. The van der Waals surface area contributed by atoms with Gasteiger partial charge >= 0.3 is 0 Å². The summed E-state index contributed by atoms with van der Waals surface area (Å²) >= 11 is 3.53. The van der Waals surface area contributed by atoms with E-state index in [4.69, 9.17) is 10.2 Å². The molecule has 0 saturated heterocycles. The first-order valence-electron chi connectivity index (χ1n) is 6.74. The maximum atomic E-state index is 6.55. The van der Waals surface area contributed by atoms with E-state index in [1.807, 2.05) is 6.07 Å². The Kier molecular flexibility index (Phi) is 4.51. The molecule has 4 heteroatoms. The smallest absolute Gasteiger partial charge is 0.136 e. The zero-order valence-electron chi connectivity index (χ0n) is 11.3. The van der Waals surface area contributed by atoms with Crippen molar-refractivity contribution in [1.29, 1.82) is 0 Å². The maximum absolute atomic E-state index is 6.55. The summed E-state index contributed by atoms with van der Waals surface area (Å²) < 4.78 is 6.58. The van der Waals surface area contributed by atoms with Crippen molar-refractivity contribution in [2.24, 2.45) is 5.73 Å². The second-order valence-corrected chi connectivity index (χ2v) is 6.38. The van der Waals surface area contributed by atoms with Gasteiger partial charge in [-0.3, -0.25) is 0 Å². The molecule has 1 aromatic rings. The molecule has 0 spiro atoms. The normalized spacial score (nSPS) is 21.8. The lowest BCUT2D eigenvalue weighted by Gasteiger charge is -2.43. The van der Waals surface area contributed by atoms with E-state index in [0.717, 1.165) is 23.1 Å². The van der Waals surface area contributed by atoms with Gasteiger partial charge in [0, 0.05) is 5.54 Å². The summed E-state index contributed by atoms with van der Waals surface area (Å²) in [5.41, 5.74) is 6.58. The van der Waals surface area contributed by atoms with E-state index in [1.54, 1.807) is 6.26 Å². The van der Waals surface area contributed by atoms with Gasteiger partial charge in [0.05, 0.1) is 16.8 Å². The second-order valence-electron chi connectivity index (χ2n) is 5.52. The number of hydrogen-bond donors (Lipinski definition) is 1. The van der Waals surface area contributed by atoms with Gasteiger partial charge in [-0.15, -0.1) is 0 Å². The maximum Gasteiger partial charge on any atom is 0.136 e. The van der Waals surface area contributed by atoms with Gasteiger partial charge in [0.1, 0.15) is 5.76 Å². The predicted molar refractivity (Wildman–Crippen MR) is 77.5 cm³/mol. The van der Waals surface area contributed by atoms with Crippen LogP contribution in [0, 0.1) is 0 Å². The highest BCUT2D eigenvalue weighted by Crippen LogP contribution is 2.41. The molecule has 1 aliphatic carbocycles. The number of nitrogens with two attached hydrogens (primary N) is 1. The molecule has 1 fully saturated rings. The number of furan rings is 1. The van der Waals surface area contributed by atoms with E-state index in [1.165, 1.54) is 25.7 Å². The first kappa shape index (κ1) is 14.1. The molecule has 0 bridgehead atoms. The SMILES string of the molecule is CN(C)C1(C(N)c2occc2Br)CCCCCC1. The van der Waals surface area contributed by atoms with E-state index in [2.05, 4.69) is 34.9 Å². The summed E-state index contributed by atoms with van der Waals surface area (Å²) in [5.74, 6) is 0.880. The van der Waals surface area contributed by atoms with Gasteiger partial charge in [0.15, 0.2) is 0 Å². The van der Waals surface area contributed by atoms with Crippen molar-refractivity contribution in [2.45, 2.75) is 50.1 Å². The molecule has 1 heterocycles. The molecule has 2 N–H and O–H groups in total. The highest BCUT2D eigenvalue weighted by Gasteiger charge is 2.41. The lowest BCUT2D eigenvalue weighted by molar-refractivity contribution is 0.0874. The average Bonchev–Trinajstić information content (AvgIpc) is 2.63. The van der Waals surface area contributed by atoms with E-state index in [0.29, 0.717) is 0 Å². The largest absolute Gasteiger partial charge is 0.466 e. The minimum Gasteiger partial charge on any atom is -0.466 e. The van der Waals surface area contributed by atoms with Gasteiger partial charge in [-0.25, -0.2) is 0 Å². The fourth-order valence-corrected chi connectivity index (χ4v) is 3.60. The predicted octanol–water partition coefficient (Wildman–Crippen LogP) is 3.70. The number of likely N-dealkylation sites (N-methyl/N-ethyl adjacent to an activating group) is 1. The average molecular weight is 315 g/mol. The third-order valence-corrected chi connectivity index (χ3v) is 5.02. The number of hydrogen-bond acceptors (Lipinski definition) is 3. The summed E-state index contributed by atoms with van der Waals surface area (Å²) in [7, 11) is 4.28. The van der Waals surface area contributed by atoms with Gasteiger partial charge < -0.3 is 15.1 Å². The molecule has 1 unspecified atom stereocenters. The third-order valence-electron chi connectivity index (χ3n) is 4.37. The molecule has 3 nitrogen and oxygen atoms in total. The highest BCUT2D eigenvalue weighted by molar-refractivity contribution is 9.10. The Morgan fingerprint density at radius 3 is 2.33 bits per heavy atom. The minimum atomic E-state index is -0.0741. The molecule has 2 rings (SSSR count). The van der Waals surface area contributed by atoms with Crippen LogP contribution in [0.1, 0.15) is 50.3 Å². The molecule has 1 aromatic heterocycles. The van der Waals surface area contributed by atoms with Crippen LogP contribution < -0.4 is 5.73 Å². The summed E-state index contributed by atoms with van der Waals surface area (Å²) in [4.78, 5) is 2.30. The molecule has 1 aliphatic rings. The first-order valence-corrected chi connectivity index (χ1v) is 7.53. The van der Waals surface area contributed by atoms with Crippen molar-refractivity contribution < 1.29 is 4.42 Å². The first-order chi connectivity index (χ1) is 8.58. The lowest BCUT2D eigenvalue weighted by Crippen LogP contribution is -2.52. The number of halogens is 1. The molecule has 1 saturated carbocycles. The van der Waals surface area contributed by atoms with Gasteiger partial charge in [-0.2, -0.15) is 0 Å². The Balaban J connectivity index is 2.31. The Morgan fingerprint density at radius 2 is 1.89 bits per heavy atom. The zero-order chi connectivity index (χ0) is 13.2. The van der Waals surface area contributed by atoms with Crippen LogP contribution in [0.5, 0.6) is 0 Å². The number of rotatable bonds is 3. The Labute approximate surface area is 118 Å². The van der Waals surface area contributed by atoms with Gasteiger partial charge in [0.2, 0.25) is 0 Å². The van der Waals surface area contributed by atoms with E-state index < -0.39 is 0 Å². The fourth-order valence-electron chi connectivity index (χ4n) is 3.15. The van der Waals surface area contributed by atoms with Crippen LogP contribution in [0.3, 0.4) is 0 Å². The van der Waals surface area contributed by atoms with Crippen LogP contribution in [-0.4, -0.2) is 24.5 Å². The van der Waals surface area contributed by atoms with Crippen LogP contribution >= 0.6 is 15.9 Å². The van der Waals surface area contributed by atoms with E-state index in [-0.39, 0.29) is 11.6 Å². The zero-order valence-corrected chi connectivity index (χ0v) is 12.9. The molecule has 0 amide bonds. The van der Waals surface area contributed by atoms with Gasteiger partial charge in [-0.1, -0.05) is 25.7 Å². The van der Waals surface area contributed by atoms with Crippen LogP contribution in [0.25, 0.3) is 0 Å². The molecular formula is C14H23BrN2O. The summed E-state index contributed by atoms with van der Waals surface area (Å²) in [6.07, 6.45) is 9.15. The van der Waals surface area contributed by atoms with E-state index >= 15 is 0 Å². The second kappa shape index (κ2) is 5.76. The minimum absolute atomic E-state index is 0.0247. The fraction of sp³-hybridized carbons (Fsp3) is 0.714. The summed E-state index contributed by atoms with van der Waals surface area (Å²) in [5, 5.41) is 0. The molecule has 0 aromatic carbocycles. The van der Waals surface area contributed by atoms with Crippen molar-refractivity contribution in [3.8, 4) is 0 Å². The van der Waals surface area contributed by atoms with E-state index in [9.17, 15) is 0 Å². The molecule has 1 atom stereocenters. The number of nitrogens with zero attached hydrogens (tertiary/aromatic N) is 1. The van der Waals surface area contributed by atoms with Gasteiger partial charge in [0.25, 0.3) is 0 Å². The summed E-state index contributed by atoms with van der Waals surface area (Å²) in [6.45, 7) is 0. The van der Waals surface area contributed by atoms with Crippen molar-refractivity contribution >= 4 is 15.9 Å². The summed E-state index contributed by atoms with van der Waals surface area (Å²) in [6, 6.07) is 1.85. The third kappa shape index (κ3) is 2.51. The molecular weight excluding hydrogens is 292 g/mol. The highest BCUT2D eigenvalue weighted by atomic mass is 79.9. The molecule has 0 radical (unpaired) electrons. The van der Waals surface area contributed by atoms with Crippen molar-refractivity contribution in [1.82, 2.24) is 4.90 Å². The van der Waals surface area contributed by atoms with Crippen molar-refractivity contribution in [2.75, 3.05) is 14.1 Å².